The molecule has 0 radical (unpaired) electrons. The zero-order chi connectivity index (χ0) is 10.1. The number of rotatable bonds is 1. The molecule has 0 bridgehead atoms. The predicted molar refractivity (Wildman–Crippen MR) is 61.9 cm³/mol. The minimum atomic E-state index is 0.266. The second-order valence-electron chi connectivity index (χ2n) is 2.77. The maximum atomic E-state index is 5.49. The van der Waals surface area contributed by atoms with Crippen LogP contribution < -0.4 is 5.73 Å². The molecule has 2 aromatic rings. The van der Waals surface area contributed by atoms with Crippen LogP contribution in [0, 0.1) is 4.64 Å². The molecule has 2 heterocycles. The van der Waals surface area contributed by atoms with Crippen molar-refractivity contribution in [2.24, 2.45) is 5.73 Å². The minimum Gasteiger partial charge on any atom is -0.388 e. The molecular formula is C9H7N3S2. The summed E-state index contributed by atoms with van der Waals surface area (Å²) >= 11 is 10.0. The second kappa shape index (κ2) is 3.43. The monoisotopic (exact) mass is 221 g/mol. The maximum Gasteiger partial charge on any atom is 0.138 e. The van der Waals surface area contributed by atoms with Crippen LogP contribution in [0.5, 0.6) is 0 Å². The molecule has 0 aromatic carbocycles. The Hall–Kier alpha value is -1.33. The first-order chi connectivity index (χ1) is 6.68. The van der Waals surface area contributed by atoms with Crippen molar-refractivity contribution in [2.75, 3.05) is 0 Å². The fourth-order valence-corrected chi connectivity index (χ4v) is 1.55. The number of fused-ring (bicyclic) bond motifs is 1. The third-order valence-corrected chi connectivity index (χ3v) is 2.35. The van der Waals surface area contributed by atoms with Gasteiger partial charge in [0.25, 0.3) is 0 Å². The van der Waals surface area contributed by atoms with Gasteiger partial charge < -0.3 is 5.73 Å². The summed E-state index contributed by atoms with van der Waals surface area (Å²) < 4.78 is 2.45. The Kier molecular flexibility index (Phi) is 2.26. The zero-order valence-corrected chi connectivity index (χ0v) is 8.81. The first kappa shape index (κ1) is 9.23. The lowest BCUT2D eigenvalue weighted by atomic mass is 10.4. The summed E-state index contributed by atoms with van der Waals surface area (Å²) in [4.78, 5) is 4.53. The SMILES string of the molecule is NC(=S)c1cc(=S)n2ccccc2n1. The van der Waals surface area contributed by atoms with E-state index in [1.807, 2.05) is 24.4 Å². The second-order valence-corrected chi connectivity index (χ2v) is 3.63. The normalized spacial score (nSPS) is 10.3. The van der Waals surface area contributed by atoms with Crippen LogP contribution in [0.3, 0.4) is 0 Å². The number of aromatic nitrogens is 2. The summed E-state index contributed by atoms with van der Waals surface area (Å²) in [5.74, 6) is 0. The highest BCUT2D eigenvalue weighted by molar-refractivity contribution is 7.80. The first-order valence-corrected chi connectivity index (χ1v) is 4.78. The fraction of sp³-hybridized carbons (Fsp3) is 0. The molecule has 0 saturated carbocycles. The summed E-state index contributed by atoms with van der Waals surface area (Å²) in [7, 11) is 0. The summed E-state index contributed by atoms with van der Waals surface area (Å²) in [5.41, 5.74) is 6.81. The van der Waals surface area contributed by atoms with Crippen molar-refractivity contribution in [3.05, 3.63) is 40.8 Å². The highest BCUT2D eigenvalue weighted by atomic mass is 32.1. The van der Waals surface area contributed by atoms with Crippen molar-refractivity contribution < 1.29 is 0 Å². The molecule has 0 fully saturated rings. The van der Waals surface area contributed by atoms with Gasteiger partial charge in [-0.3, -0.25) is 4.40 Å². The average Bonchev–Trinajstić information content (AvgIpc) is 2.17. The van der Waals surface area contributed by atoms with Crippen molar-refractivity contribution in [1.29, 1.82) is 0 Å². The van der Waals surface area contributed by atoms with E-state index >= 15 is 0 Å². The number of hydrogen-bond donors (Lipinski definition) is 1. The standard InChI is InChI=1S/C9H7N3S2/c10-9(14)6-5-8(13)12-4-2-1-3-7(12)11-6/h1-5H,(H2,10,14). The number of nitrogens with zero attached hydrogens (tertiary/aromatic N) is 2. The summed E-state index contributed by atoms with van der Waals surface area (Å²) in [6.45, 7) is 0. The fourth-order valence-electron chi connectivity index (χ4n) is 1.18. The Balaban J connectivity index is 2.86. The third kappa shape index (κ3) is 1.51. The van der Waals surface area contributed by atoms with Crippen molar-refractivity contribution in [2.45, 2.75) is 0 Å². The average molecular weight is 221 g/mol. The summed E-state index contributed by atoms with van der Waals surface area (Å²) in [6, 6.07) is 7.34. The summed E-state index contributed by atoms with van der Waals surface area (Å²) in [6.07, 6.45) is 1.86. The molecule has 3 nitrogen and oxygen atoms in total. The van der Waals surface area contributed by atoms with Crippen LogP contribution in [0.4, 0.5) is 0 Å². The van der Waals surface area contributed by atoms with E-state index in [1.54, 1.807) is 10.5 Å². The minimum absolute atomic E-state index is 0.266. The molecule has 0 amide bonds. The Labute approximate surface area is 91.2 Å². The van der Waals surface area contributed by atoms with Gasteiger partial charge in [0.1, 0.15) is 21.0 Å². The van der Waals surface area contributed by atoms with Crippen molar-refractivity contribution in [1.82, 2.24) is 9.38 Å². The van der Waals surface area contributed by atoms with E-state index in [1.165, 1.54) is 0 Å². The van der Waals surface area contributed by atoms with Crippen molar-refractivity contribution >= 4 is 35.1 Å². The van der Waals surface area contributed by atoms with Crippen LogP contribution in [0.1, 0.15) is 5.69 Å². The van der Waals surface area contributed by atoms with Gasteiger partial charge in [-0.15, -0.1) is 0 Å². The van der Waals surface area contributed by atoms with Gasteiger partial charge >= 0.3 is 0 Å². The number of pyridine rings is 1. The maximum absolute atomic E-state index is 5.49. The van der Waals surface area contributed by atoms with Gasteiger partial charge in [-0.05, 0) is 12.1 Å². The van der Waals surface area contributed by atoms with Crippen LogP contribution in [0.2, 0.25) is 0 Å². The van der Waals surface area contributed by atoms with E-state index in [-0.39, 0.29) is 4.99 Å². The quantitative estimate of drug-likeness (QED) is 0.744. The molecule has 0 saturated heterocycles. The Bertz CT molecular complexity index is 559. The molecule has 0 aliphatic rings. The molecular weight excluding hydrogens is 214 g/mol. The molecule has 70 valence electrons. The largest absolute Gasteiger partial charge is 0.388 e. The predicted octanol–water partition coefficient (Wildman–Crippen LogP) is 1.70. The molecule has 5 heteroatoms. The van der Waals surface area contributed by atoms with Gasteiger partial charge in [-0.1, -0.05) is 30.5 Å². The first-order valence-electron chi connectivity index (χ1n) is 3.97. The highest BCUT2D eigenvalue weighted by Crippen LogP contribution is 2.04. The van der Waals surface area contributed by atoms with Gasteiger partial charge in [0.05, 0.1) is 0 Å². The Morgan fingerprint density at radius 2 is 2.21 bits per heavy atom. The van der Waals surface area contributed by atoms with Gasteiger partial charge in [0.2, 0.25) is 0 Å². The van der Waals surface area contributed by atoms with Crippen LogP contribution in [-0.4, -0.2) is 14.4 Å². The molecule has 0 spiro atoms. The lowest BCUT2D eigenvalue weighted by Gasteiger charge is -2.02. The lowest BCUT2D eigenvalue weighted by Crippen LogP contribution is -2.12. The third-order valence-electron chi connectivity index (χ3n) is 1.82. The highest BCUT2D eigenvalue weighted by Gasteiger charge is 2.00. The van der Waals surface area contributed by atoms with E-state index in [0.29, 0.717) is 10.3 Å². The zero-order valence-electron chi connectivity index (χ0n) is 7.18. The van der Waals surface area contributed by atoms with Crippen LogP contribution in [0.15, 0.2) is 30.5 Å². The molecule has 0 atom stereocenters. The van der Waals surface area contributed by atoms with E-state index in [9.17, 15) is 0 Å². The van der Waals surface area contributed by atoms with E-state index in [0.717, 1.165) is 5.65 Å². The molecule has 14 heavy (non-hydrogen) atoms. The van der Waals surface area contributed by atoms with E-state index in [2.05, 4.69) is 4.98 Å². The van der Waals surface area contributed by atoms with E-state index in [4.69, 9.17) is 30.2 Å². The number of thiocarbonyl (C=S) groups is 1. The Morgan fingerprint density at radius 3 is 2.93 bits per heavy atom. The Morgan fingerprint density at radius 1 is 1.43 bits per heavy atom. The molecule has 2 N–H and O–H groups in total. The van der Waals surface area contributed by atoms with Gasteiger partial charge in [0, 0.05) is 12.3 Å². The van der Waals surface area contributed by atoms with Crippen LogP contribution in [0.25, 0.3) is 5.65 Å². The number of nitrogens with two attached hydrogens (primary N) is 1. The summed E-state index contributed by atoms with van der Waals surface area (Å²) in [5, 5.41) is 0. The molecule has 2 aromatic heterocycles. The molecule has 0 unspecified atom stereocenters. The van der Waals surface area contributed by atoms with Crippen LogP contribution >= 0.6 is 24.4 Å². The van der Waals surface area contributed by atoms with Crippen molar-refractivity contribution in [3.63, 3.8) is 0 Å². The molecule has 0 aliphatic heterocycles. The van der Waals surface area contributed by atoms with Gasteiger partial charge in [-0.2, -0.15) is 0 Å². The van der Waals surface area contributed by atoms with Crippen LogP contribution in [-0.2, 0) is 0 Å². The topological polar surface area (TPSA) is 43.3 Å². The number of hydrogen-bond acceptors (Lipinski definition) is 3. The van der Waals surface area contributed by atoms with Crippen molar-refractivity contribution in [3.8, 4) is 0 Å². The smallest absolute Gasteiger partial charge is 0.138 e. The van der Waals surface area contributed by atoms with E-state index < -0.39 is 0 Å². The van der Waals surface area contributed by atoms with Gasteiger partial charge in [0.15, 0.2) is 0 Å². The van der Waals surface area contributed by atoms with Gasteiger partial charge in [-0.25, -0.2) is 4.98 Å². The molecule has 0 aliphatic carbocycles. The molecule has 2 rings (SSSR count). The lowest BCUT2D eigenvalue weighted by molar-refractivity contribution is 1.07.